The van der Waals surface area contributed by atoms with Crippen LogP contribution in [0.3, 0.4) is 0 Å². The average molecular weight is 241 g/mol. The van der Waals surface area contributed by atoms with Crippen LogP contribution in [0.4, 0.5) is 0 Å². The Hall–Kier alpha value is -1.71. The van der Waals surface area contributed by atoms with Crippen LogP contribution in [0, 0.1) is 20.8 Å². The first-order chi connectivity index (χ1) is 8.63. The fourth-order valence-electron chi connectivity index (χ4n) is 2.23. The smallest absolute Gasteiger partial charge is 0.0716 e. The first-order valence-corrected chi connectivity index (χ1v) is 6.07. The zero-order valence-corrected chi connectivity index (χ0v) is 11.1. The van der Waals surface area contributed by atoms with Crippen molar-refractivity contribution in [3.05, 3.63) is 64.5 Å². The highest BCUT2D eigenvalue weighted by Gasteiger charge is 2.16. The van der Waals surface area contributed by atoms with Gasteiger partial charge in [-0.1, -0.05) is 23.8 Å². The molecule has 0 bridgehead atoms. The lowest BCUT2D eigenvalue weighted by Gasteiger charge is -2.21. The van der Waals surface area contributed by atoms with Gasteiger partial charge in [0.15, 0.2) is 0 Å². The predicted molar refractivity (Wildman–Crippen MR) is 74.1 cm³/mol. The Morgan fingerprint density at radius 3 is 2.50 bits per heavy atom. The Balaban J connectivity index is 2.52. The van der Waals surface area contributed by atoms with Gasteiger partial charge in [-0.25, -0.2) is 5.43 Å². The van der Waals surface area contributed by atoms with Crippen LogP contribution in [0.2, 0.25) is 0 Å². The molecule has 3 N–H and O–H groups in total. The van der Waals surface area contributed by atoms with Crippen LogP contribution in [-0.2, 0) is 0 Å². The molecule has 2 aromatic rings. The maximum Gasteiger partial charge on any atom is 0.0716 e. The molecule has 1 aromatic carbocycles. The highest BCUT2D eigenvalue weighted by molar-refractivity contribution is 5.40. The summed E-state index contributed by atoms with van der Waals surface area (Å²) in [5, 5.41) is 0. The zero-order chi connectivity index (χ0) is 13.1. The molecule has 0 spiro atoms. The van der Waals surface area contributed by atoms with E-state index in [9.17, 15) is 0 Å². The molecule has 0 amide bonds. The Morgan fingerprint density at radius 1 is 1.06 bits per heavy atom. The minimum atomic E-state index is 0.00731. The average Bonchev–Trinajstić information content (AvgIpc) is 2.36. The number of nitrogens with zero attached hydrogens (tertiary/aromatic N) is 1. The van der Waals surface area contributed by atoms with Crippen molar-refractivity contribution in [1.82, 2.24) is 10.4 Å². The fraction of sp³-hybridized carbons (Fsp3) is 0.267. The second kappa shape index (κ2) is 5.29. The summed E-state index contributed by atoms with van der Waals surface area (Å²) in [6.45, 7) is 6.25. The van der Waals surface area contributed by atoms with E-state index in [1.165, 1.54) is 22.3 Å². The molecular formula is C15H19N3. The standard InChI is InChI=1S/C15H19N3/c1-10-4-5-11(2)14(8-10)15(18-16)13-6-7-17-9-12(13)3/h4-9,15,18H,16H2,1-3H3. The van der Waals surface area contributed by atoms with E-state index in [0.717, 1.165) is 5.56 Å². The first kappa shape index (κ1) is 12.7. The van der Waals surface area contributed by atoms with Gasteiger partial charge in [0.05, 0.1) is 6.04 Å². The molecule has 0 aliphatic heterocycles. The van der Waals surface area contributed by atoms with Crippen LogP contribution in [0.15, 0.2) is 36.7 Å². The maximum absolute atomic E-state index is 5.75. The summed E-state index contributed by atoms with van der Waals surface area (Å²) in [6.07, 6.45) is 3.67. The molecule has 0 saturated carbocycles. The van der Waals surface area contributed by atoms with E-state index >= 15 is 0 Å². The molecule has 1 heterocycles. The molecule has 3 nitrogen and oxygen atoms in total. The predicted octanol–water partition coefficient (Wildman–Crippen LogP) is 2.56. The molecule has 3 heteroatoms. The van der Waals surface area contributed by atoms with Gasteiger partial charge >= 0.3 is 0 Å². The third-order valence-electron chi connectivity index (χ3n) is 3.29. The van der Waals surface area contributed by atoms with Crippen LogP contribution in [0.1, 0.15) is 33.9 Å². The summed E-state index contributed by atoms with van der Waals surface area (Å²) < 4.78 is 0. The van der Waals surface area contributed by atoms with Crippen LogP contribution in [-0.4, -0.2) is 4.98 Å². The Labute approximate surface area is 108 Å². The molecule has 1 unspecified atom stereocenters. The Kier molecular flexibility index (Phi) is 3.75. The summed E-state index contributed by atoms with van der Waals surface area (Å²) in [4.78, 5) is 4.13. The number of pyridine rings is 1. The Morgan fingerprint density at radius 2 is 1.83 bits per heavy atom. The van der Waals surface area contributed by atoms with Crippen LogP contribution >= 0.6 is 0 Å². The van der Waals surface area contributed by atoms with Crippen LogP contribution in [0.25, 0.3) is 0 Å². The molecular weight excluding hydrogens is 222 g/mol. The second-order valence-corrected chi connectivity index (χ2v) is 4.69. The number of rotatable bonds is 3. The van der Waals surface area contributed by atoms with Gasteiger partial charge in [0.2, 0.25) is 0 Å². The highest BCUT2D eigenvalue weighted by atomic mass is 15.2. The molecule has 0 fully saturated rings. The van der Waals surface area contributed by atoms with Gasteiger partial charge in [0.1, 0.15) is 0 Å². The maximum atomic E-state index is 5.75. The van der Waals surface area contributed by atoms with E-state index in [-0.39, 0.29) is 6.04 Å². The number of aromatic nitrogens is 1. The summed E-state index contributed by atoms with van der Waals surface area (Å²) in [5.74, 6) is 5.75. The quantitative estimate of drug-likeness (QED) is 0.641. The zero-order valence-electron chi connectivity index (χ0n) is 11.1. The lowest BCUT2D eigenvalue weighted by Crippen LogP contribution is -2.30. The van der Waals surface area contributed by atoms with Crippen molar-refractivity contribution in [3.63, 3.8) is 0 Å². The van der Waals surface area contributed by atoms with Crippen molar-refractivity contribution >= 4 is 0 Å². The third kappa shape index (κ3) is 2.42. The molecule has 94 valence electrons. The number of hydrogen-bond donors (Lipinski definition) is 2. The van der Waals surface area contributed by atoms with E-state index in [2.05, 4.69) is 49.4 Å². The lowest BCUT2D eigenvalue weighted by atomic mass is 9.92. The summed E-state index contributed by atoms with van der Waals surface area (Å²) in [5.41, 5.74) is 8.91. The SMILES string of the molecule is Cc1ccc(C)c(C(NN)c2ccncc2C)c1. The number of benzene rings is 1. The summed E-state index contributed by atoms with van der Waals surface area (Å²) in [6, 6.07) is 8.45. The van der Waals surface area contributed by atoms with Crippen molar-refractivity contribution in [2.45, 2.75) is 26.8 Å². The number of nitrogens with two attached hydrogens (primary N) is 1. The highest BCUT2D eigenvalue weighted by Crippen LogP contribution is 2.26. The van der Waals surface area contributed by atoms with E-state index in [0.29, 0.717) is 0 Å². The van der Waals surface area contributed by atoms with Crippen molar-refractivity contribution in [1.29, 1.82) is 0 Å². The normalized spacial score (nSPS) is 12.4. The molecule has 18 heavy (non-hydrogen) atoms. The van der Waals surface area contributed by atoms with Gasteiger partial charge in [-0.2, -0.15) is 0 Å². The van der Waals surface area contributed by atoms with Gasteiger partial charge in [-0.3, -0.25) is 10.8 Å². The van der Waals surface area contributed by atoms with E-state index in [4.69, 9.17) is 5.84 Å². The minimum Gasteiger partial charge on any atom is -0.271 e. The van der Waals surface area contributed by atoms with E-state index in [1.54, 1.807) is 6.20 Å². The third-order valence-corrected chi connectivity index (χ3v) is 3.29. The van der Waals surface area contributed by atoms with E-state index in [1.807, 2.05) is 12.3 Å². The van der Waals surface area contributed by atoms with Gasteiger partial charge in [-0.05, 0) is 49.1 Å². The number of nitrogens with one attached hydrogen (secondary N) is 1. The van der Waals surface area contributed by atoms with Crippen molar-refractivity contribution in [3.8, 4) is 0 Å². The number of aryl methyl sites for hydroxylation is 3. The van der Waals surface area contributed by atoms with Crippen molar-refractivity contribution < 1.29 is 0 Å². The molecule has 0 aliphatic rings. The molecule has 0 aliphatic carbocycles. The summed E-state index contributed by atoms with van der Waals surface area (Å²) in [7, 11) is 0. The molecule has 1 atom stereocenters. The summed E-state index contributed by atoms with van der Waals surface area (Å²) >= 11 is 0. The minimum absolute atomic E-state index is 0.00731. The monoisotopic (exact) mass is 241 g/mol. The molecule has 0 saturated heterocycles. The van der Waals surface area contributed by atoms with Crippen LogP contribution < -0.4 is 11.3 Å². The number of hydrazine groups is 1. The van der Waals surface area contributed by atoms with Gasteiger partial charge < -0.3 is 0 Å². The van der Waals surface area contributed by atoms with Gasteiger partial charge in [0.25, 0.3) is 0 Å². The topological polar surface area (TPSA) is 50.9 Å². The van der Waals surface area contributed by atoms with Gasteiger partial charge in [0, 0.05) is 12.4 Å². The van der Waals surface area contributed by atoms with Gasteiger partial charge in [-0.15, -0.1) is 0 Å². The Bertz CT molecular complexity index is 549. The lowest BCUT2D eigenvalue weighted by molar-refractivity contribution is 0.629. The van der Waals surface area contributed by atoms with Crippen LogP contribution in [0.5, 0.6) is 0 Å². The largest absolute Gasteiger partial charge is 0.271 e. The molecule has 1 aromatic heterocycles. The van der Waals surface area contributed by atoms with Crippen molar-refractivity contribution in [2.24, 2.45) is 5.84 Å². The van der Waals surface area contributed by atoms with Crippen molar-refractivity contribution in [2.75, 3.05) is 0 Å². The molecule has 0 radical (unpaired) electrons. The fourth-order valence-corrected chi connectivity index (χ4v) is 2.23. The second-order valence-electron chi connectivity index (χ2n) is 4.69. The molecule has 2 rings (SSSR count). The number of hydrogen-bond acceptors (Lipinski definition) is 3. The first-order valence-electron chi connectivity index (χ1n) is 6.07. The van der Waals surface area contributed by atoms with E-state index < -0.39 is 0 Å².